The van der Waals surface area contributed by atoms with Crippen LogP contribution in [0.4, 0.5) is 5.69 Å². The number of carboxylic acid groups (broad SMARTS) is 1. The van der Waals surface area contributed by atoms with Crippen molar-refractivity contribution in [1.82, 2.24) is 4.98 Å². The molecular weight excluding hydrogens is 268 g/mol. The van der Waals surface area contributed by atoms with Crippen LogP contribution in [0.3, 0.4) is 0 Å². The van der Waals surface area contributed by atoms with E-state index in [1.54, 1.807) is 6.07 Å². The first kappa shape index (κ1) is 15.0. The van der Waals surface area contributed by atoms with Crippen molar-refractivity contribution >= 4 is 11.7 Å². The molecule has 0 aliphatic carbocycles. The van der Waals surface area contributed by atoms with E-state index < -0.39 is 5.97 Å². The Hall–Kier alpha value is -2.40. The van der Waals surface area contributed by atoms with E-state index in [4.69, 9.17) is 0 Å². The molecule has 5 nitrogen and oxygen atoms in total. The van der Waals surface area contributed by atoms with E-state index in [2.05, 4.69) is 4.98 Å². The van der Waals surface area contributed by atoms with Crippen LogP contribution in [0.15, 0.2) is 42.6 Å². The van der Waals surface area contributed by atoms with Crippen molar-refractivity contribution in [3.05, 3.63) is 59.4 Å². The number of aryl methyl sites for hydroxylation is 1. The lowest BCUT2D eigenvalue weighted by atomic mass is 10.1. The molecule has 0 saturated carbocycles. The van der Waals surface area contributed by atoms with E-state index in [9.17, 15) is 15.0 Å². The van der Waals surface area contributed by atoms with Gasteiger partial charge in [0.2, 0.25) is 0 Å². The van der Waals surface area contributed by atoms with Gasteiger partial charge in [0.15, 0.2) is 0 Å². The van der Waals surface area contributed by atoms with Crippen LogP contribution >= 0.6 is 0 Å². The molecule has 0 radical (unpaired) electrons. The number of carbonyl (C=O) groups is 1. The summed E-state index contributed by atoms with van der Waals surface area (Å²) in [6, 6.07) is 11.5. The molecular formula is C16H18N2O3. The standard InChI is InChI=1S/C16H18N2O3/c1-12-9-15(14(10-17-12)16(20)21)18(7-8-19)11-13-5-3-2-4-6-13/h2-6,9-10,19H,7-8,11H2,1H3,(H,20,21). The summed E-state index contributed by atoms with van der Waals surface area (Å²) in [7, 11) is 0. The minimum atomic E-state index is -1.02. The molecule has 21 heavy (non-hydrogen) atoms. The van der Waals surface area contributed by atoms with E-state index in [0.29, 0.717) is 18.8 Å². The smallest absolute Gasteiger partial charge is 0.339 e. The van der Waals surface area contributed by atoms with E-state index in [1.807, 2.05) is 42.2 Å². The Kier molecular flexibility index (Phi) is 4.90. The number of carboxylic acids is 1. The molecule has 5 heteroatoms. The summed E-state index contributed by atoms with van der Waals surface area (Å²) in [6.45, 7) is 2.66. The minimum Gasteiger partial charge on any atom is -0.478 e. The van der Waals surface area contributed by atoms with Crippen molar-refractivity contribution in [3.8, 4) is 0 Å². The molecule has 2 rings (SSSR count). The molecule has 0 amide bonds. The Bertz CT molecular complexity index is 614. The molecule has 2 aromatic rings. The fourth-order valence-corrected chi connectivity index (χ4v) is 2.18. The summed E-state index contributed by atoms with van der Waals surface area (Å²) >= 11 is 0. The number of rotatable bonds is 6. The topological polar surface area (TPSA) is 73.7 Å². The average Bonchev–Trinajstić information content (AvgIpc) is 2.47. The van der Waals surface area contributed by atoms with Gasteiger partial charge in [0.05, 0.1) is 12.3 Å². The van der Waals surface area contributed by atoms with Gasteiger partial charge in [-0.2, -0.15) is 0 Å². The largest absolute Gasteiger partial charge is 0.478 e. The number of aliphatic hydroxyl groups is 1. The highest BCUT2D eigenvalue weighted by atomic mass is 16.4. The quantitative estimate of drug-likeness (QED) is 0.850. The van der Waals surface area contributed by atoms with Crippen LogP contribution in [-0.2, 0) is 6.54 Å². The second-order valence-corrected chi connectivity index (χ2v) is 4.78. The van der Waals surface area contributed by atoms with Gasteiger partial charge in [-0.05, 0) is 18.6 Å². The fourth-order valence-electron chi connectivity index (χ4n) is 2.18. The highest BCUT2D eigenvalue weighted by Gasteiger charge is 2.17. The van der Waals surface area contributed by atoms with E-state index in [-0.39, 0.29) is 12.2 Å². The monoisotopic (exact) mass is 286 g/mol. The third-order valence-corrected chi connectivity index (χ3v) is 3.18. The fraction of sp³-hybridized carbons (Fsp3) is 0.250. The van der Waals surface area contributed by atoms with Crippen LogP contribution in [0.2, 0.25) is 0 Å². The highest BCUT2D eigenvalue weighted by Crippen LogP contribution is 2.23. The SMILES string of the molecule is Cc1cc(N(CCO)Cc2ccccc2)c(C(=O)O)cn1. The first-order valence-corrected chi connectivity index (χ1v) is 6.71. The molecule has 1 aromatic heterocycles. The number of aliphatic hydroxyl groups excluding tert-OH is 1. The average molecular weight is 286 g/mol. The number of hydrogen-bond acceptors (Lipinski definition) is 4. The van der Waals surface area contributed by atoms with E-state index in [1.165, 1.54) is 6.20 Å². The van der Waals surface area contributed by atoms with Crippen molar-refractivity contribution in [2.75, 3.05) is 18.1 Å². The molecule has 0 bridgehead atoms. The number of hydrogen-bond donors (Lipinski definition) is 2. The highest BCUT2D eigenvalue weighted by molar-refractivity contribution is 5.94. The summed E-state index contributed by atoms with van der Waals surface area (Å²) in [5.41, 5.74) is 2.51. The second kappa shape index (κ2) is 6.85. The van der Waals surface area contributed by atoms with Crippen LogP contribution in [-0.4, -0.2) is 34.3 Å². The van der Waals surface area contributed by atoms with Crippen LogP contribution in [0, 0.1) is 6.92 Å². The molecule has 0 spiro atoms. The zero-order valence-corrected chi connectivity index (χ0v) is 11.9. The Morgan fingerprint density at radius 2 is 2.00 bits per heavy atom. The number of anilines is 1. The minimum absolute atomic E-state index is 0.0484. The third kappa shape index (κ3) is 3.79. The predicted octanol–water partition coefficient (Wildman–Crippen LogP) is 2.09. The van der Waals surface area contributed by atoms with Crippen molar-refractivity contribution in [3.63, 3.8) is 0 Å². The molecule has 0 atom stereocenters. The number of aromatic nitrogens is 1. The van der Waals surface area contributed by atoms with Crippen LogP contribution in [0.5, 0.6) is 0 Å². The molecule has 0 aliphatic heterocycles. The molecule has 1 aromatic carbocycles. The zero-order valence-electron chi connectivity index (χ0n) is 11.9. The maximum Gasteiger partial charge on any atom is 0.339 e. The van der Waals surface area contributed by atoms with Crippen molar-refractivity contribution in [2.24, 2.45) is 0 Å². The molecule has 0 aliphatic rings. The summed E-state index contributed by atoms with van der Waals surface area (Å²) in [5, 5.41) is 18.6. The molecule has 1 heterocycles. The lowest BCUT2D eigenvalue weighted by molar-refractivity contribution is 0.0697. The van der Waals surface area contributed by atoms with Gasteiger partial charge in [-0.15, -0.1) is 0 Å². The van der Waals surface area contributed by atoms with Gasteiger partial charge in [0.25, 0.3) is 0 Å². The number of pyridine rings is 1. The Morgan fingerprint density at radius 1 is 1.29 bits per heavy atom. The zero-order chi connectivity index (χ0) is 15.2. The summed E-state index contributed by atoms with van der Waals surface area (Å²) in [6.07, 6.45) is 1.36. The second-order valence-electron chi connectivity index (χ2n) is 4.78. The Morgan fingerprint density at radius 3 is 2.62 bits per heavy atom. The molecule has 0 unspecified atom stereocenters. The molecule has 0 saturated heterocycles. The van der Waals surface area contributed by atoms with Crippen LogP contribution in [0.25, 0.3) is 0 Å². The molecule has 0 fully saturated rings. The lowest BCUT2D eigenvalue weighted by Gasteiger charge is -2.25. The molecule has 110 valence electrons. The first-order valence-electron chi connectivity index (χ1n) is 6.71. The Labute approximate surface area is 123 Å². The number of nitrogens with zero attached hydrogens (tertiary/aromatic N) is 2. The van der Waals surface area contributed by atoms with Crippen molar-refractivity contribution in [1.29, 1.82) is 0 Å². The predicted molar refractivity (Wildman–Crippen MR) is 80.5 cm³/mol. The van der Waals surface area contributed by atoms with Gasteiger partial charge in [-0.1, -0.05) is 30.3 Å². The summed E-state index contributed by atoms with van der Waals surface area (Å²) in [4.78, 5) is 17.3. The number of benzene rings is 1. The maximum atomic E-state index is 11.4. The third-order valence-electron chi connectivity index (χ3n) is 3.18. The van der Waals surface area contributed by atoms with Gasteiger partial charge in [-0.25, -0.2) is 4.79 Å². The van der Waals surface area contributed by atoms with Crippen molar-refractivity contribution in [2.45, 2.75) is 13.5 Å². The summed E-state index contributed by atoms with van der Waals surface area (Å²) in [5.74, 6) is -1.02. The lowest BCUT2D eigenvalue weighted by Crippen LogP contribution is -2.28. The maximum absolute atomic E-state index is 11.4. The van der Waals surface area contributed by atoms with Gasteiger partial charge in [0, 0.05) is 25.0 Å². The molecule has 2 N–H and O–H groups in total. The van der Waals surface area contributed by atoms with Crippen LogP contribution in [0.1, 0.15) is 21.6 Å². The van der Waals surface area contributed by atoms with Crippen molar-refractivity contribution < 1.29 is 15.0 Å². The Balaban J connectivity index is 2.37. The summed E-state index contributed by atoms with van der Waals surface area (Å²) < 4.78 is 0. The van der Waals surface area contributed by atoms with Gasteiger partial charge in [0.1, 0.15) is 5.56 Å². The van der Waals surface area contributed by atoms with Gasteiger partial charge >= 0.3 is 5.97 Å². The normalized spacial score (nSPS) is 10.4. The van der Waals surface area contributed by atoms with Gasteiger partial charge < -0.3 is 15.1 Å². The van der Waals surface area contributed by atoms with Gasteiger partial charge in [-0.3, -0.25) is 4.98 Å². The number of aromatic carboxylic acids is 1. The van der Waals surface area contributed by atoms with E-state index in [0.717, 1.165) is 11.3 Å². The van der Waals surface area contributed by atoms with Crippen LogP contribution < -0.4 is 4.90 Å². The van der Waals surface area contributed by atoms with E-state index >= 15 is 0 Å². The first-order chi connectivity index (χ1) is 10.1.